The molecule has 0 aromatic heterocycles. The highest BCUT2D eigenvalue weighted by molar-refractivity contribution is 7.87. The van der Waals surface area contributed by atoms with Crippen LogP contribution in [0, 0.1) is 17.8 Å². The number of carbonyl (C=O) groups is 2. The molecule has 6 atom stereocenters. The Hall–Kier alpha value is -1.41. The van der Waals surface area contributed by atoms with Crippen LogP contribution in [-0.4, -0.2) is 44.4 Å². The Labute approximate surface area is 128 Å². The molecule has 0 amide bonds. The summed E-state index contributed by atoms with van der Waals surface area (Å²) in [5.41, 5.74) is 0.189. The SMILES string of the molecule is C=C(C)C(=O)OCC(=O)OC1C2OS(=O)(=O)C3CC1[C@@H](C)C23. The average molecular weight is 330 g/mol. The van der Waals surface area contributed by atoms with Gasteiger partial charge in [-0.25, -0.2) is 9.59 Å². The number of ether oxygens (including phenoxy) is 2. The van der Waals surface area contributed by atoms with Crippen molar-refractivity contribution < 1.29 is 31.7 Å². The van der Waals surface area contributed by atoms with Gasteiger partial charge in [-0.1, -0.05) is 13.5 Å². The molecule has 2 aliphatic carbocycles. The van der Waals surface area contributed by atoms with Crippen LogP contribution in [0.25, 0.3) is 0 Å². The van der Waals surface area contributed by atoms with Crippen LogP contribution in [0.1, 0.15) is 20.3 Å². The highest BCUT2D eigenvalue weighted by Gasteiger charge is 2.68. The maximum absolute atomic E-state index is 11.9. The van der Waals surface area contributed by atoms with Crippen LogP contribution in [0.3, 0.4) is 0 Å². The number of hydrogen-bond acceptors (Lipinski definition) is 7. The van der Waals surface area contributed by atoms with Gasteiger partial charge in [0.05, 0.1) is 5.25 Å². The van der Waals surface area contributed by atoms with Gasteiger partial charge in [-0.3, -0.25) is 4.18 Å². The van der Waals surface area contributed by atoms with Crippen LogP contribution in [-0.2, 0) is 33.4 Å². The summed E-state index contributed by atoms with van der Waals surface area (Å²) in [5.74, 6) is -1.39. The van der Waals surface area contributed by atoms with Crippen molar-refractivity contribution in [3.63, 3.8) is 0 Å². The minimum absolute atomic E-state index is 0.0296. The fourth-order valence-electron chi connectivity index (χ4n) is 3.91. The van der Waals surface area contributed by atoms with E-state index >= 15 is 0 Å². The Morgan fingerprint density at radius 1 is 1.36 bits per heavy atom. The van der Waals surface area contributed by atoms with Crippen LogP contribution >= 0.6 is 0 Å². The van der Waals surface area contributed by atoms with E-state index in [0.717, 1.165) is 0 Å². The molecule has 8 heteroatoms. The summed E-state index contributed by atoms with van der Waals surface area (Å²) in [6.45, 7) is 6.33. The number of fused-ring (bicyclic) bond motifs is 1. The maximum atomic E-state index is 11.9. The first kappa shape index (κ1) is 15.5. The smallest absolute Gasteiger partial charge is 0.344 e. The molecule has 0 N–H and O–H groups in total. The molecule has 0 aromatic rings. The molecule has 2 bridgehead atoms. The van der Waals surface area contributed by atoms with E-state index in [1.807, 2.05) is 6.92 Å². The molecular formula is C14H18O7S. The van der Waals surface area contributed by atoms with Gasteiger partial charge in [-0.05, 0) is 19.3 Å². The molecular weight excluding hydrogens is 312 g/mol. The summed E-state index contributed by atoms with van der Waals surface area (Å²) < 4.78 is 39.0. The van der Waals surface area contributed by atoms with Gasteiger partial charge in [-0.15, -0.1) is 0 Å². The third kappa shape index (κ3) is 2.25. The zero-order chi connectivity index (χ0) is 16.2. The van der Waals surface area contributed by atoms with Gasteiger partial charge in [0, 0.05) is 17.4 Å². The molecule has 2 saturated carbocycles. The second kappa shape index (κ2) is 5.06. The minimum Gasteiger partial charge on any atom is -0.457 e. The van der Waals surface area contributed by atoms with Crippen molar-refractivity contribution >= 4 is 22.1 Å². The molecule has 7 nitrogen and oxygen atoms in total. The fraction of sp³-hybridized carbons (Fsp3) is 0.714. The molecule has 1 heterocycles. The first-order valence-corrected chi connectivity index (χ1v) is 8.63. The monoisotopic (exact) mass is 330 g/mol. The second-order valence-corrected chi connectivity index (χ2v) is 8.02. The van der Waals surface area contributed by atoms with Crippen molar-refractivity contribution in [3.8, 4) is 0 Å². The fourth-order valence-corrected chi connectivity index (χ4v) is 5.85. The van der Waals surface area contributed by atoms with E-state index in [4.69, 9.17) is 13.7 Å². The number of esters is 2. The van der Waals surface area contributed by atoms with Crippen molar-refractivity contribution in [1.82, 2.24) is 0 Å². The normalized spacial score (nSPS) is 40.5. The average Bonchev–Trinajstić information content (AvgIpc) is 2.95. The number of rotatable bonds is 4. The highest BCUT2D eigenvalue weighted by Crippen LogP contribution is 2.58. The third-order valence-corrected chi connectivity index (χ3v) is 6.63. The summed E-state index contributed by atoms with van der Waals surface area (Å²) >= 11 is 0. The van der Waals surface area contributed by atoms with Gasteiger partial charge in [0.25, 0.3) is 10.1 Å². The zero-order valence-electron chi connectivity index (χ0n) is 12.4. The van der Waals surface area contributed by atoms with Crippen molar-refractivity contribution in [2.24, 2.45) is 17.8 Å². The lowest BCUT2D eigenvalue weighted by atomic mass is 9.94. The van der Waals surface area contributed by atoms with E-state index < -0.39 is 46.1 Å². The first-order chi connectivity index (χ1) is 10.2. The van der Waals surface area contributed by atoms with Gasteiger partial charge in [0.2, 0.25) is 0 Å². The second-order valence-electron chi connectivity index (χ2n) is 6.24. The van der Waals surface area contributed by atoms with E-state index in [9.17, 15) is 18.0 Å². The van der Waals surface area contributed by atoms with E-state index in [1.54, 1.807) is 0 Å². The first-order valence-electron chi connectivity index (χ1n) is 7.16. The summed E-state index contributed by atoms with van der Waals surface area (Å²) in [7, 11) is -3.56. The van der Waals surface area contributed by atoms with Crippen molar-refractivity contribution in [1.29, 1.82) is 0 Å². The summed E-state index contributed by atoms with van der Waals surface area (Å²) in [6.07, 6.45) is -0.747. The van der Waals surface area contributed by atoms with Gasteiger partial charge >= 0.3 is 11.9 Å². The molecule has 3 fully saturated rings. The molecule has 0 radical (unpaired) electrons. The molecule has 1 aliphatic heterocycles. The van der Waals surface area contributed by atoms with Gasteiger partial charge < -0.3 is 9.47 Å². The van der Waals surface area contributed by atoms with Crippen LogP contribution in [0.4, 0.5) is 0 Å². The largest absolute Gasteiger partial charge is 0.457 e. The molecule has 5 unspecified atom stereocenters. The quantitative estimate of drug-likeness (QED) is 0.418. The summed E-state index contributed by atoms with van der Waals surface area (Å²) in [4.78, 5) is 23.1. The lowest BCUT2D eigenvalue weighted by molar-refractivity contribution is -0.165. The maximum Gasteiger partial charge on any atom is 0.344 e. The summed E-state index contributed by atoms with van der Waals surface area (Å²) in [6, 6.07) is 0. The van der Waals surface area contributed by atoms with E-state index in [0.29, 0.717) is 6.42 Å². The van der Waals surface area contributed by atoms with E-state index in [1.165, 1.54) is 6.92 Å². The standard InChI is InChI=1S/C14H18O7S/c1-6(2)14(16)19-5-10(15)20-12-8-4-9-11(7(8)3)13(12)21-22(9,17)18/h7-9,11-13H,1,4-5H2,2-3H3/t7-,8?,9?,11?,12?,13?/m1/s1. The van der Waals surface area contributed by atoms with Crippen LogP contribution < -0.4 is 0 Å². The Balaban J connectivity index is 1.64. The topological polar surface area (TPSA) is 96.0 Å². The molecule has 1 saturated heterocycles. The van der Waals surface area contributed by atoms with Gasteiger partial charge in [-0.2, -0.15) is 8.42 Å². The Kier molecular flexibility index (Phi) is 3.56. The third-order valence-electron chi connectivity index (χ3n) is 4.89. The number of hydrogen-bond donors (Lipinski definition) is 0. The van der Waals surface area contributed by atoms with Crippen molar-refractivity contribution in [2.45, 2.75) is 37.7 Å². The minimum atomic E-state index is -3.56. The Morgan fingerprint density at radius 3 is 2.68 bits per heavy atom. The van der Waals surface area contributed by atoms with Crippen LogP contribution in [0.5, 0.6) is 0 Å². The lowest BCUT2D eigenvalue weighted by Gasteiger charge is -2.24. The number of carbonyl (C=O) groups excluding carboxylic acids is 2. The van der Waals surface area contributed by atoms with Gasteiger partial charge in [0.15, 0.2) is 6.61 Å². The summed E-state index contributed by atoms with van der Waals surface area (Å²) in [5, 5.41) is -0.478. The molecule has 3 aliphatic rings. The van der Waals surface area contributed by atoms with Gasteiger partial charge in [0.1, 0.15) is 12.2 Å². The van der Waals surface area contributed by atoms with Crippen LogP contribution in [0.2, 0.25) is 0 Å². The Bertz CT molecular complexity index is 638. The highest BCUT2D eigenvalue weighted by atomic mass is 32.2. The molecule has 0 aromatic carbocycles. The van der Waals surface area contributed by atoms with E-state index in [-0.39, 0.29) is 23.3 Å². The molecule has 22 heavy (non-hydrogen) atoms. The van der Waals surface area contributed by atoms with Crippen molar-refractivity contribution in [2.75, 3.05) is 6.61 Å². The molecule has 3 rings (SSSR count). The predicted octanol–water partition coefficient (Wildman–Crippen LogP) is 0.401. The Morgan fingerprint density at radius 2 is 2.05 bits per heavy atom. The molecule has 0 spiro atoms. The van der Waals surface area contributed by atoms with Crippen LogP contribution in [0.15, 0.2) is 12.2 Å². The molecule has 122 valence electrons. The van der Waals surface area contributed by atoms with Crippen molar-refractivity contribution in [3.05, 3.63) is 12.2 Å². The predicted molar refractivity (Wildman–Crippen MR) is 74.0 cm³/mol. The lowest BCUT2D eigenvalue weighted by Crippen LogP contribution is -2.38. The zero-order valence-corrected chi connectivity index (χ0v) is 13.2. The van der Waals surface area contributed by atoms with E-state index in [2.05, 4.69) is 6.58 Å².